The lowest BCUT2D eigenvalue weighted by molar-refractivity contribution is -0.119. The Morgan fingerprint density at radius 3 is 2.55 bits per heavy atom. The third-order valence-electron chi connectivity index (χ3n) is 3.20. The highest BCUT2D eigenvalue weighted by atomic mass is 35.5. The molecule has 0 aliphatic rings. The molecule has 0 aromatic heterocycles. The third kappa shape index (κ3) is 3.44. The standard InChI is InChI=1S/C16H15ClFNO/c17-15-7-6-13(18)8-12(15)9-16(20)14(10-19)11-4-2-1-3-5-11/h1-8,14H,9-10,19H2. The van der Waals surface area contributed by atoms with E-state index in [0.29, 0.717) is 10.6 Å². The fraction of sp³-hybridized carbons (Fsp3) is 0.188. The van der Waals surface area contributed by atoms with E-state index in [2.05, 4.69) is 0 Å². The molecule has 2 N–H and O–H groups in total. The van der Waals surface area contributed by atoms with Crippen molar-refractivity contribution < 1.29 is 9.18 Å². The highest BCUT2D eigenvalue weighted by Crippen LogP contribution is 2.22. The number of hydrogen-bond acceptors (Lipinski definition) is 2. The van der Waals surface area contributed by atoms with Crippen LogP contribution in [0.1, 0.15) is 17.0 Å². The summed E-state index contributed by atoms with van der Waals surface area (Å²) < 4.78 is 13.2. The summed E-state index contributed by atoms with van der Waals surface area (Å²) in [6.07, 6.45) is 0.0767. The molecule has 0 saturated carbocycles. The van der Waals surface area contributed by atoms with Crippen molar-refractivity contribution in [3.05, 3.63) is 70.5 Å². The number of ketones is 1. The number of nitrogens with two attached hydrogens (primary N) is 1. The summed E-state index contributed by atoms with van der Waals surface area (Å²) >= 11 is 5.98. The van der Waals surface area contributed by atoms with E-state index in [0.717, 1.165) is 5.56 Å². The first-order valence-corrected chi connectivity index (χ1v) is 6.71. The summed E-state index contributed by atoms with van der Waals surface area (Å²) in [7, 11) is 0. The van der Waals surface area contributed by atoms with Gasteiger partial charge in [0, 0.05) is 18.0 Å². The van der Waals surface area contributed by atoms with Crippen molar-refractivity contribution in [2.75, 3.05) is 6.54 Å². The summed E-state index contributed by atoms with van der Waals surface area (Å²) in [5, 5.41) is 0.392. The Morgan fingerprint density at radius 1 is 1.20 bits per heavy atom. The van der Waals surface area contributed by atoms with Crippen LogP contribution in [0.25, 0.3) is 0 Å². The fourth-order valence-corrected chi connectivity index (χ4v) is 2.31. The lowest BCUT2D eigenvalue weighted by atomic mass is 9.91. The molecule has 4 heteroatoms. The minimum Gasteiger partial charge on any atom is -0.329 e. The van der Waals surface area contributed by atoms with Gasteiger partial charge in [0.2, 0.25) is 0 Å². The second-order valence-electron chi connectivity index (χ2n) is 4.58. The average Bonchev–Trinajstić information content (AvgIpc) is 2.45. The van der Waals surface area contributed by atoms with Gasteiger partial charge in [-0.15, -0.1) is 0 Å². The molecule has 0 spiro atoms. The van der Waals surface area contributed by atoms with Crippen LogP contribution in [0.3, 0.4) is 0 Å². The van der Waals surface area contributed by atoms with Gasteiger partial charge in [-0.25, -0.2) is 4.39 Å². The van der Waals surface area contributed by atoms with Crippen LogP contribution < -0.4 is 5.73 Å². The van der Waals surface area contributed by atoms with Crippen LogP contribution in [0.4, 0.5) is 4.39 Å². The molecular weight excluding hydrogens is 277 g/mol. The van der Waals surface area contributed by atoms with E-state index in [9.17, 15) is 9.18 Å². The van der Waals surface area contributed by atoms with Crippen LogP contribution in [-0.4, -0.2) is 12.3 Å². The molecule has 0 radical (unpaired) electrons. The smallest absolute Gasteiger partial charge is 0.146 e. The quantitative estimate of drug-likeness (QED) is 0.918. The molecular formula is C16H15ClFNO. The highest BCUT2D eigenvalue weighted by Gasteiger charge is 2.20. The van der Waals surface area contributed by atoms with Gasteiger partial charge in [-0.3, -0.25) is 4.79 Å². The average molecular weight is 292 g/mol. The first-order chi connectivity index (χ1) is 9.61. The lowest BCUT2D eigenvalue weighted by Gasteiger charge is -2.14. The van der Waals surface area contributed by atoms with Gasteiger partial charge in [0.15, 0.2) is 0 Å². The van der Waals surface area contributed by atoms with E-state index in [4.69, 9.17) is 17.3 Å². The minimum atomic E-state index is -0.402. The van der Waals surface area contributed by atoms with Crippen molar-refractivity contribution in [1.82, 2.24) is 0 Å². The summed E-state index contributed by atoms with van der Waals surface area (Å²) in [5.74, 6) is -0.858. The van der Waals surface area contributed by atoms with E-state index >= 15 is 0 Å². The van der Waals surface area contributed by atoms with Crippen molar-refractivity contribution >= 4 is 17.4 Å². The molecule has 2 aromatic rings. The number of halogens is 2. The van der Waals surface area contributed by atoms with Crippen molar-refractivity contribution in [3.63, 3.8) is 0 Å². The molecule has 0 aliphatic heterocycles. The minimum absolute atomic E-state index is 0.0637. The van der Waals surface area contributed by atoms with Gasteiger partial charge in [0.1, 0.15) is 11.6 Å². The molecule has 104 valence electrons. The molecule has 1 unspecified atom stereocenters. The zero-order chi connectivity index (χ0) is 14.5. The molecule has 2 aromatic carbocycles. The molecule has 2 nitrogen and oxygen atoms in total. The maximum absolute atomic E-state index is 13.2. The zero-order valence-corrected chi connectivity index (χ0v) is 11.6. The number of carbonyl (C=O) groups is 1. The summed E-state index contributed by atoms with van der Waals surface area (Å²) in [4.78, 5) is 12.3. The molecule has 0 saturated heterocycles. The maximum atomic E-state index is 13.2. The Hall–Kier alpha value is -1.71. The van der Waals surface area contributed by atoms with Crippen LogP contribution in [-0.2, 0) is 11.2 Å². The first kappa shape index (κ1) is 14.7. The normalized spacial score (nSPS) is 12.2. The number of carbonyl (C=O) groups excluding carboxylic acids is 1. The summed E-state index contributed by atoms with van der Waals surface area (Å²) in [6, 6.07) is 13.4. The first-order valence-electron chi connectivity index (χ1n) is 6.33. The Balaban J connectivity index is 2.20. The van der Waals surface area contributed by atoms with E-state index in [1.54, 1.807) is 0 Å². The molecule has 0 heterocycles. The fourth-order valence-electron chi connectivity index (χ4n) is 2.13. The predicted molar refractivity (Wildman–Crippen MR) is 78.4 cm³/mol. The van der Waals surface area contributed by atoms with E-state index in [-0.39, 0.29) is 18.7 Å². The Kier molecular flexibility index (Phi) is 4.88. The van der Waals surface area contributed by atoms with Crippen molar-refractivity contribution in [2.45, 2.75) is 12.3 Å². The van der Waals surface area contributed by atoms with Gasteiger partial charge >= 0.3 is 0 Å². The molecule has 0 fully saturated rings. The van der Waals surface area contributed by atoms with Crippen molar-refractivity contribution in [2.24, 2.45) is 5.73 Å². The van der Waals surface area contributed by atoms with Gasteiger partial charge in [0.25, 0.3) is 0 Å². The van der Waals surface area contributed by atoms with E-state index in [1.807, 2.05) is 30.3 Å². The zero-order valence-electron chi connectivity index (χ0n) is 10.9. The highest BCUT2D eigenvalue weighted by molar-refractivity contribution is 6.31. The molecule has 0 aliphatic carbocycles. The van der Waals surface area contributed by atoms with Crippen LogP contribution in [0.5, 0.6) is 0 Å². The number of hydrogen-bond donors (Lipinski definition) is 1. The van der Waals surface area contributed by atoms with Gasteiger partial charge < -0.3 is 5.73 Å². The molecule has 0 bridgehead atoms. The molecule has 1 atom stereocenters. The molecule has 0 amide bonds. The van der Waals surface area contributed by atoms with Crippen LogP contribution in [0, 0.1) is 5.82 Å². The van der Waals surface area contributed by atoms with Crippen LogP contribution in [0.15, 0.2) is 48.5 Å². The number of benzene rings is 2. The Labute approximate surface area is 122 Å². The van der Waals surface area contributed by atoms with Gasteiger partial charge in [-0.2, -0.15) is 0 Å². The SMILES string of the molecule is NCC(C(=O)Cc1cc(F)ccc1Cl)c1ccccc1. The second kappa shape index (κ2) is 6.64. The van der Waals surface area contributed by atoms with Crippen molar-refractivity contribution in [3.8, 4) is 0 Å². The van der Waals surface area contributed by atoms with E-state index < -0.39 is 11.7 Å². The lowest BCUT2D eigenvalue weighted by Crippen LogP contribution is -2.23. The predicted octanol–water partition coefficient (Wildman–Crippen LogP) is 3.33. The molecule has 2 rings (SSSR count). The Morgan fingerprint density at radius 2 is 1.90 bits per heavy atom. The summed E-state index contributed by atoms with van der Waals surface area (Å²) in [6.45, 7) is 0.218. The second-order valence-corrected chi connectivity index (χ2v) is 4.98. The Bertz CT molecular complexity index is 601. The maximum Gasteiger partial charge on any atom is 0.146 e. The monoisotopic (exact) mass is 291 g/mol. The van der Waals surface area contributed by atoms with Crippen molar-refractivity contribution in [1.29, 1.82) is 0 Å². The van der Waals surface area contributed by atoms with Gasteiger partial charge in [-0.05, 0) is 29.3 Å². The third-order valence-corrected chi connectivity index (χ3v) is 3.57. The van der Waals surface area contributed by atoms with Crippen LogP contribution in [0.2, 0.25) is 5.02 Å². The topological polar surface area (TPSA) is 43.1 Å². The van der Waals surface area contributed by atoms with Gasteiger partial charge in [0.05, 0.1) is 5.92 Å². The van der Waals surface area contributed by atoms with Gasteiger partial charge in [-0.1, -0.05) is 41.9 Å². The summed E-state index contributed by atoms with van der Waals surface area (Å²) in [5.41, 5.74) is 7.06. The van der Waals surface area contributed by atoms with Crippen LogP contribution >= 0.6 is 11.6 Å². The molecule has 20 heavy (non-hydrogen) atoms. The number of rotatable bonds is 5. The largest absolute Gasteiger partial charge is 0.329 e. The van der Waals surface area contributed by atoms with E-state index in [1.165, 1.54) is 18.2 Å². The number of Topliss-reactive ketones (excluding diaryl/α,β-unsaturated/α-hetero) is 1.